The third-order valence-corrected chi connectivity index (χ3v) is 4.08. The van der Waals surface area contributed by atoms with Crippen LogP contribution >= 0.6 is 0 Å². The van der Waals surface area contributed by atoms with E-state index in [-0.39, 0.29) is 5.41 Å². The molecule has 1 aliphatic rings. The quantitative estimate of drug-likeness (QED) is 0.837. The number of hydrogen-bond donors (Lipinski definition) is 1. The van der Waals surface area contributed by atoms with E-state index in [1.165, 1.54) is 18.5 Å². The van der Waals surface area contributed by atoms with E-state index in [4.69, 9.17) is 10.5 Å². The van der Waals surface area contributed by atoms with E-state index in [0.717, 1.165) is 25.9 Å². The first-order chi connectivity index (χ1) is 9.43. The Morgan fingerprint density at radius 2 is 2.15 bits per heavy atom. The Balaban J connectivity index is 2.17. The van der Waals surface area contributed by atoms with Crippen LogP contribution in [0.2, 0.25) is 0 Å². The van der Waals surface area contributed by atoms with Crippen LogP contribution in [0, 0.1) is 0 Å². The van der Waals surface area contributed by atoms with Crippen molar-refractivity contribution in [1.29, 1.82) is 0 Å². The molecule has 2 N–H and O–H groups in total. The number of nitrogens with zero attached hydrogens (tertiary/aromatic N) is 2. The smallest absolute Gasteiger partial charge is 0.145 e. The molecule has 1 unspecified atom stereocenters. The molecule has 0 spiro atoms. The first kappa shape index (κ1) is 15.4. The predicted molar refractivity (Wildman–Crippen MR) is 82.9 cm³/mol. The minimum atomic E-state index is 0.0567. The van der Waals surface area contributed by atoms with Gasteiger partial charge >= 0.3 is 0 Å². The Morgan fingerprint density at radius 3 is 2.80 bits per heavy atom. The molecule has 1 fully saturated rings. The molecule has 20 heavy (non-hydrogen) atoms. The maximum absolute atomic E-state index is 6.09. The van der Waals surface area contributed by atoms with Crippen LogP contribution < -0.4 is 5.73 Å². The van der Waals surface area contributed by atoms with Gasteiger partial charge in [0.25, 0.3) is 0 Å². The number of hydrogen-bond acceptors (Lipinski definition) is 3. The standard InChI is InChI=1S/C16H29N3O/c1-5-6-10-20-13-9-7-8-12(13)19-14(16(2,3)4)11-15(17)18-19/h11-13H,5-10H2,1-4H3,(H2,17,18)/t12?,13-/m1/s1. The van der Waals surface area contributed by atoms with Gasteiger partial charge in [0.1, 0.15) is 5.82 Å². The van der Waals surface area contributed by atoms with E-state index in [9.17, 15) is 0 Å². The number of rotatable bonds is 5. The van der Waals surface area contributed by atoms with E-state index in [2.05, 4.69) is 37.5 Å². The van der Waals surface area contributed by atoms with Gasteiger partial charge in [-0.3, -0.25) is 4.68 Å². The fourth-order valence-corrected chi connectivity index (χ4v) is 2.99. The minimum Gasteiger partial charge on any atom is -0.382 e. The average Bonchev–Trinajstić information content (AvgIpc) is 2.94. The Labute approximate surface area is 122 Å². The van der Waals surface area contributed by atoms with E-state index < -0.39 is 0 Å². The number of unbranched alkanes of at least 4 members (excludes halogenated alkanes) is 1. The van der Waals surface area contributed by atoms with Crippen molar-refractivity contribution in [2.24, 2.45) is 0 Å². The lowest BCUT2D eigenvalue weighted by Crippen LogP contribution is -2.28. The molecule has 1 saturated carbocycles. The zero-order chi connectivity index (χ0) is 14.8. The first-order valence-corrected chi connectivity index (χ1v) is 7.90. The van der Waals surface area contributed by atoms with E-state index in [1.807, 2.05) is 6.07 Å². The number of nitrogens with two attached hydrogens (primary N) is 1. The molecule has 2 rings (SSSR count). The van der Waals surface area contributed by atoms with E-state index in [0.29, 0.717) is 18.0 Å². The molecule has 1 aliphatic carbocycles. The van der Waals surface area contributed by atoms with Crippen LogP contribution in [0.1, 0.15) is 71.5 Å². The van der Waals surface area contributed by atoms with Crippen LogP contribution in [0.3, 0.4) is 0 Å². The van der Waals surface area contributed by atoms with Crippen molar-refractivity contribution in [1.82, 2.24) is 9.78 Å². The largest absolute Gasteiger partial charge is 0.382 e. The summed E-state index contributed by atoms with van der Waals surface area (Å²) < 4.78 is 8.22. The van der Waals surface area contributed by atoms with Gasteiger partial charge in [0.2, 0.25) is 0 Å². The SMILES string of the molecule is CCCCO[C@@H]1CCCC1n1nc(N)cc1C(C)(C)C. The lowest BCUT2D eigenvalue weighted by atomic mass is 9.91. The van der Waals surface area contributed by atoms with Gasteiger partial charge in [-0.25, -0.2) is 0 Å². The molecule has 0 aromatic carbocycles. The van der Waals surface area contributed by atoms with Crippen LogP contribution in [0.15, 0.2) is 6.07 Å². The number of ether oxygens (including phenoxy) is 1. The number of aromatic nitrogens is 2. The van der Waals surface area contributed by atoms with Crippen molar-refractivity contribution < 1.29 is 4.74 Å². The Morgan fingerprint density at radius 1 is 1.40 bits per heavy atom. The second-order valence-electron chi connectivity index (χ2n) is 6.91. The van der Waals surface area contributed by atoms with E-state index >= 15 is 0 Å². The highest BCUT2D eigenvalue weighted by atomic mass is 16.5. The summed E-state index contributed by atoms with van der Waals surface area (Å²) in [4.78, 5) is 0. The molecule has 1 aromatic heterocycles. The average molecular weight is 279 g/mol. The fraction of sp³-hybridized carbons (Fsp3) is 0.812. The number of nitrogen functional groups attached to an aromatic ring is 1. The lowest BCUT2D eigenvalue weighted by Gasteiger charge is -2.27. The molecule has 1 heterocycles. The molecule has 0 radical (unpaired) electrons. The molecule has 4 nitrogen and oxygen atoms in total. The van der Waals surface area contributed by atoms with Crippen molar-refractivity contribution in [3.63, 3.8) is 0 Å². The highest BCUT2D eigenvalue weighted by Gasteiger charge is 2.33. The predicted octanol–water partition coefficient (Wildman–Crippen LogP) is 3.67. The molecule has 114 valence electrons. The third-order valence-electron chi connectivity index (χ3n) is 4.08. The van der Waals surface area contributed by atoms with Crippen LogP contribution in [0.4, 0.5) is 5.82 Å². The summed E-state index contributed by atoms with van der Waals surface area (Å²) in [6.45, 7) is 9.69. The van der Waals surface area contributed by atoms with Crippen LogP contribution in [0.5, 0.6) is 0 Å². The summed E-state index contributed by atoms with van der Waals surface area (Å²) in [5.74, 6) is 0.620. The third kappa shape index (κ3) is 3.35. The monoisotopic (exact) mass is 279 g/mol. The van der Waals surface area contributed by atoms with Gasteiger partial charge in [0, 0.05) is 23.8 Å². The summed E-state index contributed by atoms with van der Waals surface area (Å²) in [6, 6.07) is 2.36. The summed E-state index contributed by atoms with van der Waals surface area (Å²) >= 11 is 0. The van der Waals surface area contributed by atoms with Gasteiger partial charge in [0.05, 0.1) is 12.1 Å². The normalized spacial score (nSPS) is 23.4. The highest BCUT2D eigenvalue weighted by Crippen LogP contribution is 2.36. The molecule has 0 aliphatic heterocycles. The molecule has 4 heteroatoms. The van der Waals surface area contributed by atoms with Gasteiger partial charge in [-0.2, -0.15) is 5.10 Å². The maximum Gasteiger partial charge on any atom is 0.145 e. The maximum atomic E-state index is 6.09. The molecule has 0 saturated heterocycles. The Kier molecular flexibility index (Phi) is 4.74. The summed E-state index contributed by atoms with van der Waals surface area (Å²) in [7, 11) is 0. The second-order valence-corrected chi connectivity index (χ2v) is 6.91. The molecular weight excluding hydrogens is 250 g/mol. The van der Waals surface area contributed by atoms with Gasteiger partial charge in [-0.05, 0) is 25.7 Å². The molecule has 2 atom stereocenters. The van der Waals surface area contributed by atoms with Crippen LogP contribution in [-0.2, 0) is 10.2 Å². The Bertz CT molecular complexity index is 433. The molecule has 0 amide bonds. The van der Waals surface area contributed by atoms with Crippen molar-refractivity contribution in [3.8, 4) is 0 Å². The second kappa shape index (κ2) is 6.17. The summed E-state index contributed by atoms with van der Waals surface area (Å²) in [5, 5.41) is 4.55. The lowest BCUT2D eigenvalue weighted by molar-refractivity contribution is 0.0254. The summed E-state index contributed by atoms with van der Waals surface area (Å²) in [6.07, 6.45) is 6.10. The topological polar surface area (TPSA) is 53.1 Å². The van der Waals surface area contributed by atoms with Gasteiger partial charge in [0.15, 0.2) is 0 Å². The van der Waals surface area contributed by atoms with Gasteiger partial charge in [-0.1, -0.05) is 34.1 Å². The van der Waals surface area contributed by atoms with Crippen molar-refractivity contribution >= 4 is 5.82 Å². The highest BCUT2D eigenvalue weighted by molar-refractivity contribution is 5.33. The zero-order valence-corrected chi connectivity index (χ0v) is 13.4. The fourth-order valence-electron chi connectivity index (χ4n) is 2.99. The van der Waals surface area contributed by atoms with Gasteiger partial charge < -0.3 is 10.5 Å². The van der Waals surface area contributed by atoms with Crippen LogP contribution in [0.25, 0.3) is 0 Å². The Hall–Kier alpha value is -1.03. The molecule has 1 aromatic rings. The first-order valence-electron chi connectivity index (χ1n) is 7.90. The molecular formula is C16H29N3O. The molecule has 0 bridgehead atoms. The van der Waals surface area contributed by atoms with Crippen LogP contribution in [-0.4, -0.2) is 22.5 Å². The minimum absolute atomic E-state index is 0.0567. The van der Waals surface area contributed by atoms with Crippen molar-refractivity contribution in [3.05, 3.63) is 11.8 Å². The van der Waals surface area contributed by atoms with Crippen molar-refractivity contribution in [2.75, 3.05) is 12.3 Å². The zero-order valence-electron chi connectivity index (χ0n) is 13.4. The van der Waals surface area contributed by atoms with Crippen molar-refractivity contribution in [2.45, 2.75) is 77.4 Å². The number of anilines is 1. The summed E-state index contributed by atoms with van der Waals surface area (Å²) in [5.41, 5.74) is 7.21. The van der Waals surface area contributed by atoms with E-state index in [1.54, 1.807) is 0 Å². The van der Waals surface area contributed by atoms with Gasteiger partial charge in [-0.15, -0.1) is 0 Å².